The molecule has 0 aliphatic rings. The molecule has 8 heteroatoms. The average molecular weight is 466 g/mol. The van der Waals surface area contributed by atoms with E-state index in [0.717, 1.165) is 17.4 Å². The van der Waals surface area contributed by atoms with Gasteiger partial charge in [0.1, 0.15) is 5.75 Å². The minimum Gasteiger partial charge on any atom is -0.506 e. The van der Waals surface area contributed by atoms with Crippen molar-refractivity contribution in [1.82, 2.24) is 5.32 Å². The maximum absolute atomic E-state index is 11.5. The third kappa shape index (κ3) is 7.61. The molecule has 2 atom stereocenters. The molecule has 0 saturated carbocycles. The van der Waals surface area contributed by atoms with Gasteiger partial charge in [-0.3, -0.25) is 4.72 Å². The van der Waals surface area contributed by atoms with E-state index in [9.17, 15) is 18.6 Å². The van der Waals surface area contributed by atoms with Gasteiger partial charge in [-0.05, 0) is 53.8 Å². The topological polar surface area (TPSA) is 122 Å². The Bertz CT molecular complexity index is 1210. The summed E-state index contributed by atoms with van der Waals surface area (Å²) in [5.74, 6) is -0.180. The van der Waals surface area contributed by atoms with Crippen molar-refractivity contribution < 1.29 is 18.6 Å². The molecule has 33 heavy (non-hydrogen) atoms. The smallest absolute Gasteiger partial charge is 0.229 e. The van der Waals surface area contributed by atoms with E-state index in [2.05, 4.69) is 16.1 Å². The maximum atomic E-state index is 11.5. The summed E-state index contributed by atoms with van der Waals surface area (Å²) >= 11 is 0. The lowest BCUT2D eigenvalue weighted by molar-refractivity contribution is 0.167. The zero-order valence-corrected chi connectivity index (χ0v) is 19.1. The molecule has 0 amide bonds. The lowest BCUT2D eigenvalue weighted by Gasteiger charge is -2.22. The molecule has 0 aromatic heterocycles. The first kappa shape index (κ1) is 24.3. The van der Waals surface area contributed by atoms with Gasteiger partial charge in [-0.15, -0.1) is 0 Å². The normalized spacial score (nSPS) is 13.1. The number of aliphatic hydroxyl groups is 1. The summed E-state index contributed by atoms with van der Waals surface area (Å²) in [6.45, 7) is 0.299. The Morgan fingerprint density at radius 3 is 2.30 bits per heavy atom. The molecule has 1 unspecified atom stereocenters. The van der Waals surface area contributed by atoms with Crippen LogP contribution < -0.4 is 10.0 Å². The zero-order chi connectivity index (χ0) is 23.8. The van der Waals surface area contributed by atoms with Crippen LogP contribution in [0.4, 0.5) is 5.69 Å². The van der Waals surface area contributed by atoms with Gasteiger partial charge in [0.2, 0.25) is 10.0 Å². The maximum Gasteiger partial charge on any atom is 0.229 e. The first-order chi connectivity index (χ1) is 15.7. The predicted octanol–water partition coefficient (Wildman–Crippen LogP) is 3.11. The molecule has 4 N–H and O–H groups in total. The summed E-state index contributed by atoms with van der Waals surface area (Å²) in [5, 5.41) is 33.0. The van der Waals surface area contributed by atoms with Gasteiger partial charge in [-0.2, -0.15) is 5.26 Å². The van der Waals surface area contributed by atoms with Crippen molar-refractivity contribution in [3.05, 3.63) is 95.1 Å². The van der Waals surface area contributed by atoms with Gasteiger partial charge >= 0.3 is 0 Å². The van der Waals surface area contributed by atoms with Gasteiger partial charge in [0.25, 0.3) is 0 Å². The van der Waals surface area contributed by atoms with Gasteiger partial charge in [0.15, 0.2) is 0 Å². The van der Waals surface area contributed by atoms with E-state index < -0.39 is 16.1 Å². The largest absolute Gasteiger partial charge is 0.506 e. The fraction of sp³-hybridized carbons (Fsp3) is 0.240. The van der Waals surface area contributed by atoms with E-state index in [1.54, 1.807) is 18.2 Å². The highest BCUT2D eigenvalue weighted by molar-refractivity contribution is 7.92. The minimum absolute atomic E-state index is 0.0722. The lowest BCUT2D eigenvalue weighted by Crippen LogP contribution is -2.32. The van der Waals surface area contributed by atoms with Crippen LogP contribution in [0.3, 0.4) is 0 Å². The zero-order valence-electron chi connectivity index (χ0n) is 18.3. The summed E-state index contributed by atoms with van der Waals surface area (Å²) in [5.41, 5.74) is 3.50. The number of rotatable bonds is 10. The van der Waals surface area contributed by atoms with Crippen molar-refractivity contribution in [3.8, 4) is 11.8 Å². The fourth-order valence-electron chi connectivity index (χ4n) is 3.56. The average Bonchev–Trinajstić information content (AvgIpc) is 2.79. The summed E-state index contributed by atoms with van der Waals surface area (Å²) in [6, 6.07) is 24.0. The van der Waals surface area contributed by atoms with Crippen molar-refractivity contribution in [2.24, 2.45) is 0 Å². The molecule has 0 aliphatic carbocycles. The van der Waals surface area contributed by atoms with Crippen LogP contribution in [0.25, 0.3) is 0 Å². The van der Waals surface area contributed by atoms with Crippen molar-refractivity contribution in [1.29, 1.82) is 5.26 Å². The first-order valence-corrected chi connectivity index (χ1v) is 12.4. The Hall–Kier alpha value is -3.38. The lowest BCUT2D eigenvalue weighted by atomic mass is 9.97. The third-order valence-corrected chi connectivity index (χ3v) is 5.74. The summed E-state index contributed by atoms with van der Waals surface area (Å²) in [6.07, 6.45) is 1.25. The number of hydrogen-bond acceptors (Lipinski definition) is 6. The number of nitriles is 1. The number of anilines is 1. The summed E-state index contributed by atoms with van der Waals surface area (Å²) < 4.78 is 25.3. The van der Waals surface area contributed by atoms with Crippen molar-refractivity contribution in [3.63, 3.8) is 0 Å². The molecular formula is C25H27N3O4S. The van der Waals surface area contributed by atoms with Crippen LogP contribution in [-0.2, 0) is 22.9 Å². The molecule has 0 fully saturated rings. The highest BCUT2D eigenvalue weighted by Gasteiger charge is 2.16. The van der Waals surface area contributed by atoms with Crippen LogP contribution in [0.2, 0.25) is 0 Å². The molecule has 7 nitrogen and oxygen atoms in total. The number of aliphatic hydroxyl groups excluding tert-OH is 1. The van der Waals surface area contributed by atoms with E-state index in [4.69, 9.17) is 5.26 Å². The monoisotopic (exact) mass is 465 g/mol. The van der Waals surface area contributed by atoms with Gasteiger partial charge in [0, 0.05) is 12.6 Å². The Labute approximate surface area is 194 Å². The van der Waals surface area contributed by atoms with Crippen molar-refractivity contribution >= 4 is 15.7 Å². The second-order valence-corrected chi connectivity index (χ2v) is 9.72. The molecule has 0 heterocycles. The molecule has 0 saturated heterocycles. The van der Waals surface area contributed by atoms with Crippen LogP contribution in [0.1, 0.15) is 28.3 Å². The molecular weight excluding hydrogens is 438 g/mol. The molecule has 0 spiro atoms. The number of benzene rings is 3. The first-order valence-electron chi connectivity index (χ1n) is 10.5. The third-order valence-electron chi connectivity index (χ3n) is 5.15. The van der Waals surface area contributed by atoms with Crippen LogP contribution >= 0.6 is 0 Å². The number of sulfonamides is 1. The van der Waals surface area contributed by atoms with E-state index in [0.29, 0.717) is 24.1 Å². The summed E-state index contributed by atoms with van der Waals surface area (Å²) in [4.78, 5) is 0. The highest BCUT2D eigenvalue weighted by atomic mass is 32.2. The summed E-state index contributed by atoms with van der Waals surface area (Å²) in [7, 11) is -3.54. The van der Waals surface area contributed by atoms with Gasteiger partial charge < -0.3 is 15.5 Å². The number of hydrogen-bond donors (Lipinski definition) is 4. The van der Waals surface area contributed by atoms with Gasteiger partial charge in [0.05, 0.1) is 29.7 Å². The van der Waals surface area contributed by atoms with Crippen LogP contribution in [0.15, 0.2) is 72.8 Å². The van der Waals surface area contributed by atoms with Gasteiger partial charge in [-0.1, -0.05) is 48.5 Å². The second kappa shape index (κ2) is 11.0. The molecule has 0 radical (unpaired) electrons. The van der Waals surface area contributed by atoms with E-state index in [-0.39, 0.29) is 23.9 Å². The number of nitrogens with one attached hydrogen (secondary N) is 2. The van der Waals surface area contributed by atoms with Gasteiger partial charge in [-0.25, -0.2) is 8.42 Å². The molecule has 0 bridgehead atoms. The van der Waals surface area contributed by atoms with Crippen LogP contribution in [0.5, 0.6) is 5.75 Å². The molecule has 3 rings (SSSR count). The van der Waals surface area contributed by atoms with Crippen molar-refractivity contribution in [2.45, 2.75) is 25.0 Å². The molecule has 3 aromatic rings. The van der Waals surface area contributed by atoms with E-state index in [1.165, 1.54) is 12.1 Å². The van der Waals surface area contributed by atoms with Crippen molar-refractivity contribution in [2.75, 3.05) is 17.5 Å². The minimum atomic E-state index is -3.54. The Morgan fingerprint density at radius 1 is 0.970 bits per heavy atom. The second-order valence-electron chi connectivity index (χ2n) is 7.97. The number of nitrogens with zero attached hydrogens (tertiary/aromatic N) is 1. The number of phenolic OH excluding ortho intramolecular Hbond substituents is 1. The quantitative estimate of drug-likeness (QED) is 0.341. The number of aromatic hydroxyl groups is 1. The number of phenols is 1. The molecule has 172 valence electrons. The fourth-order valence-corrected chi connectivity index (χ4v) is 4.12. The Morgan fingerprint density at radius 2 is 1.67 bits per heavy atom. The highest BCUT2D eigenvalue weighted by Crippen LogP contribution is 2.26. The van der Waals surface area contributed by atoms with Crippen LogP contribution in [-0.4, -0.2) is 37.5 Å². The predicted molar refractivity (Wildman–Crippen MR) is 128 cm³/mol. The Balaban J connectivity index is 1.69. The molecule has 3 aromatic carbocycles. The Kier molecular flexibility index (Phi) is 8.06. The molecule has 0 aliphatic heterocycles. The standard InChI is InChI=1S/C25H27N3O4S/c1-33(31,32)28-24-15-20(9-12-25(24)30)13-22(29)17-27-23(14-18-5-3-2-4-6-18)21-10-7-19(16-26)8-11-21/h2-12,15,22-23,27-30H,13-14,17H2,1H3/t22-,23?/m0/s1. The van der Waals surface area contributed by atoms with E-state index in [1.807, 2.05) is 42.5 Å². The van der Waals surface area contributed by atoms with Crippen LogP contribution in [0, 0.1) is 11.3 Å². The van der Waals surface area contributed by atoms with E-state index >= 15 is 0 Å². The SMILES string of the molecule is CS(=O)(=O)Nc1cc(C[C@H](O)CNC(Cc2ccccc2)c2ccc(C#N)cc2)ccc1O.